The van der Waals surface area contributed by atoms with Crippen molar-refractivity contribution >= 4 is 5.57 Å². The van der Waals surface area contributed by atoms with Gasteiger partial charge in [0.1, 0.15) is 5.92 Å². The maximum absolute atomic E-state index is 9.30. The van der Waals surface area contributed by atoms with Gasteiger partial charge in [-0.25, -0.2) is 0 Å². The Hall–Kier alpha value is -1.89. The topological polar surface area (TPSA) is 59.0 Å². The molecule has 0 bridgehead atoms. The zero-order valence-corrected chi connectivity index (χ0v) is 9.63. The second-order valence-electron chi connectivity index (χ2n) is 3.97. The number of methoxy groups -OCH3 is 1. The molecule has 17 heavy (non-hydrogen) atoms. The molecule has 86 valence electrons. The van der Waals surface area contributed by atoms with E-state index in [-0.39, 0.29) is 0 Å². The molecule has 1 aliphatic carbocycles. The van der Waals surface area contributed by atoms with Gasteiger partial charge in [0.15, 0.2) is 5.72 Å². The molecule has 3 heteroatoms. The van der Waals surface area contributed by atoms with Gasteiger partial charge in [-0.05, 0) is 17.2 Å². The largest absolute Gasteiger partial charge is 0.359 e. The van der Waals surface area contributed by atoms with Crippen molar-refractivity contribution in [2.45, 2.75) is 5.72 Å². The molecule has 2 unspecified atom stereocenters. The van der Waals surface area contributed by atoms with Crippen LogP contribution < -0.4 is 5.73 Å². The number of benzene rings is 1. The number of hydrogen-bond donors (Lipinski definition) is 1. The van der Waals surface area contributed by atoms with Gasteiger partial charge in [-0.15, -0.1) is 0 Å². The molecule has 0 fully saturated rings. The van der Waals surface area contributed by atoms with E-state index in [1.165, 1.54) is 7.11 Å². The van der Waals surface area contributed by atoms with E-state index in [0.29, 0.717) is 0 Å². The van der Waals surface area contributed by atoms with Crippen molar-refractivity contribution < 1.29 is 4.74 Å². The Morgan fingerprint density at radius 1 is 1.35 bits per heavy atom. The highest BCUT2D eigenvalue weighted by atomic mass is 16.5. The standard InChI is InChI=1S/C14H14N2O/c1-17-14(16)9-5-8-12(13(14)10-15)11-6-3-2-4-7-11/h2-9,13H,16H2,1H3. The molecule has 0 saturated carbocycles. The summed E-state index contributed by atoms with van der Waals surface area (Å²) in [4.78, 5) is 0. The minimum absolute atomic E-state index is 0.500. The Morgan fingerprint density at radius 2 is 2.06 bits per heavy atom. The molecular formula is C14H14N2O. The number of nitriles is 1. The minimum Gasteiger partial charge on any atom is -0.359 e. The van der Waals surface area contributed by atoms with Crippen LogP contribution in [0.5, 0.6) is 0 Å². The van der Waals surface area contributed by atoms with Crippen LogP contribution in [0.4, 0.5) is 0 Å². The molecular weight excluding hydrogens is 212 g/mol. The second-order valence-corrected chi connectivity index (χ2v) is 3.97. The molecule has 2 rings (SSSR count). The molecule has 0 amide bonds. The van der Waals surface area contributed by atoms with Gasteiger partial charge in [0, 0.05) is 7.11 Å². The lowest BCUT2D eigenvalue weighted by Gasteiger charge is -2.33. The van der Waals surface area contributed by atoms with E-state index in [0.717, 1.165) is 11.1 Å². The summed E-state index contributed by atoms with van der Waals surface area (Å²) in [6.07, 6.45) is 5.46. The average molecular weight is 226 g/mol. The summed E-state index contributed by atoms with van der Waals surface area (Å²) in [6, 6.07) is 12.0. The Labute approximate surface area is 101 Å². The van der Waals surface area contributed by atoms with Gasteiger partial charge in [0.05, 0.1) is 6.07 Å². The first-order valence-electron chi connectivity index (χ1n) is 5.40. The first-order chi connectivity index (χ1) is 8.21. The number of hydrogen-bond acceptors (Lipinski definition) is 3. The van der Waals surface area contributed by atoms with Gasteiger partial charge in [0.25, 0.3) is 0 Å². The maximum atomic E-state index is 9.30. The Bertz CT molecular complexity index is 499. The fourth-order valence-corrected chi connectivity index (χ4v) is 1.99. The minimum atomic E-state index is -1.05. The summed E-state index contributed by atoms with van der Waals surface area (Å²) >= 11 is 0. The quantitative estimate of drug-likeness (QED) is 0.785. The van der Waals surface area contributed by atoms with Gasteiger partial charge >= 0.3 is 0 Å². The predicted molar refractivity (Wildman–Crippen MR) is 66.6 cm³/mol. The number of nitrogens with zero attached hydrogens (tertiary/aromatic N) is 1. The lowest BCUT2D eigenvalue weighted by atomic mass is 9.82. The summed E-state index contributed by atoms with van der Waals surface area (Å²) in [5.41, 5.74) is 6.91. The third-order valence-electron chi connectivity index (χ3n) is 2.98. The van der Waals surface area contributed by atoms with Crippen molar-refractivity contribution in [3.63, 3.8) is 0 Å². The first kappa shape index (κ1) is 11.6. The molecule has 1 aromatic rings. The van der Waals surface area contributed by atoms with Crippen molar-refractivity contribution in [1.29, 1.82) is 5.26 Å². The molecule has 0 heterocycles. The van der Waals surface area contributed by atoms with Gasteiger partial charge in [-0.3, -0.25) is 5.73 Å². The van der Waals surface area contributed by atoms with Crippen molar-refractivity contribution in [3.8, 4) is 6.07 Å². The van der Waals surface area contributed by atoms with Crippen LogP contribution >= 0.6 is 0 Å². The number of ether oxygens (including phenoxy) is 1. The van der Waals surface area contributed by atoms with Crippen molar-refractivity contribution in [2.24, 2.45) is 11.7 Å². The van der Waals surface area contributed by atoms with Crippen LogP contribution in [0.3, 0.4) is 0 Å². The molecule has 0 aromatic heterocycles. The van der Waals surface area contributed by atoms with Crippen LogP contribution in [-0.2, 0) is 4.74 Å². The SMILES string of the molecule is COC1(N)C=CC=C(c2ccccc2)C1C#N. The van der Waals surface area contributed by atoms with E-state index in [2.05, 4.69) is 6.07 Å². The van der Waals surface area contributed by atoms with Gasteiger partial charge in [0.2, 0.25) is 0 Å². The van der Waals surface area contributed by atoms with Crippen molar-refractivity contribution in [2.75, 3.05) is 7.11 Å². The van der Waals surface area contributed by atoms with E-state index >= 15 is 0 Å². The number of allylic oxidation sites excluding steroid dienone is 2. The van der Waals surface area contributed by atoms with E-state index in [1.54, 1.807) is 6.08 Å². The molecule has 0 radical (unpaired) electrons. The number of nitrogens with two attached hydrogens (primary N) is 1. The van der Waals surface area contributed by atoms with E-state index in [1.807, 2.05) is 42.5 Å². The zero-order chi connectivity index (χ0) is 12.3. The molecule has 0 spiro atoms. The predicted octanol–water partition coefficient (Wildman–Crippen LogP) is 2.08. The summed E-state index contributed by atoms with van der Waals surface area (Å²) in [5.74, 6) is -0.500. The molecule has 2 N–H and O–H groups in total. The van der Waals surface area contributed by atoms with Crippen LogP contribution in [0, 0.1) is 17.2 Å². The lowest BCUT2D eigenvalue weighted by molar-refractivity contribution is 0.0207. The summed E-state index contributed by atoms with van der Waals surface area (Å²) in [6.45, 7) is 0. The smallest absolute Gasteiger partial charge is 0.155 e. The first-order valence-corrected chi connectivity index (χ1v) is 5.40. The highest BCUT2D eigenvalue weighted by Gasteiger charge is 2.37. The van der Waals surface area contributed by atoms with Crippen LogP contribution in [0.15, 0.2) is 48.6 Å². The highest BCUT2D eigenvalue weighted by molar-refractivity contribution is 5.73. The fraction of sp³-hybridized carbons (Fsp3) is 0.214. The van der Waals surface area contributed by atoms with Crippen molar-refractivity contribution in [1.82, 2.24) is 0 Å². The summed E-state index contributed by atoms with van der Waals surface area (Å²) in [7, 11) is 1.52. The van der Waals surface area contributed by atoms with Gasteiger partial charge in [-0.1, -0.05) is 42.5 Å². The highest BCUT2D eigenvalue weighted by Crippen LogP contribution is 2.34. The van der Waals surface area contributed by atoms with E-state index < -0.39 is 11.6 Å². The van der Waals surface area contributed by atoms with E-state index in [9.17, 15) is 5.26 Å². The number of rotatable bonds is 2. The second kappa shape index (κ2) is 4.54. The molecule has 1 aliphatic rings. The molecule has 2 atom stereocenters. The summed E-state index contributed by atoms with van der Waals surface area (Å²) in [5, 5.41) is 9.30. The normalized spacial score (nSPS) is 27.4. The van der Waals surface area contributed by atoms with Crippen molar-refractivity contribution in [3.05, 3.63) is 54.1 Å². The summed E-state index contributed by atoms with van der Waals surface area (Å²) < 4.78 is 5.26. The fourth-order valence-electron chi connectivity index (χ4n) is 1.99. The lowest BCUT2D eigenvalue weighted by Crippen LogP contribution is -2.48. The third kappa shape index (κ3) is 2.01. The zero-order valence-electron chi connectivity index (χ0n) is 9.63. The Balaban J connectivity index is 2.45. The average Bonchev–Trinajstić information content (AvgIpc) is 2.39. The van der Waals surface area contributed by atoms with E-state index in [4.69, 9.17) is 10.5 Å². The van der Waals surface area contributed by atoms with Crippen LogP contribution in [-0.4, -0.2) is 12.8 Å². The third-order valence-corrected chi connectivity index (χ3v) is 2.98. The Morgan fingerprint density at radius 3 is 2.65 bits per heavy atom. The molecule has 0 saturated heterocycles. The van der Waals surface area contributed by atoms with Crippen LogP contribution in [0.1, 0.15) is 5.56 Å². The van der Waals surface area contributed by atoms with Gasteiger partial charge < -0.3 is 4.74 Å². The molecule has 1 aromatic carbocycles. The maximum Gasteiger partial charge on any atom is 0.155 e. The van der Waals surface area contributed by atoms with Crippen LogP contribution in [0.2, 0.25) is 0 Å². The molecule has 3 nitrogen and oxygen atoms in total. The monoisotopic (exact) mass is 226 g/mol. The van der Waals surface area contributed by atoms with Gasteiger partial charge in [-0.2, -0.15) is 5.26 Å². The van der Waals surface area contributed by atoms with Crippen LogP contribution in [0.25, 0.3) is 5.57 Å². The Kier molecular flexibility index (Phi) is 3.10. The molecule has 0 aliphatic heterocycles.